The molecule has 6 heteroatoms. The smallest absolute Gasteiger partial charge is 0.304 e. The van der Waals surface area contributed by atoms with Gasteiger partial charge < -0.3 is 10.1 Å². The Labute approximate surface area is 110 Å². The van der Waals surface area contributed by atoms with Gasteiger partial charge in [0.1, 0.15) is 0 Å². The van der Waals surface area contributed by atoms with Crippen molar-refractivity contribution in [2.75, 3.05) is 6.61 Å². The summed E-state index contributed by atoms with van der Waals surface area (Å²) in [4.78, 5) is 9.77. The highest BCUT2D eigenvalue weighted by Crippen LogP contribution is 2.24. The molecule has 5 nitrogen and oxygen atoms in total. The van der Waals surface area contributed by atoms with Gasteiger partial charge in [0.25, 0.3) is 0 Å². The molecule has 1 aromatic carbocycles. The van der Waals surface area contributed by atoms with E-state index in [0.29, 0.717) is 24.3 Å². The zero-order chi connectivity index (χ0) is 13.8. The third-order valence-electron chi connectivity index (χ3n) is 3.30. The van der Waals surface area contributed by atoms with Gasteiger partial charge in [0.05, 0.1) is 11.0 Å². The molecule has 0 amide bonds. The Balaban J connectivity index is 1.81. The quantitative estimate of drug-likeness (QED) is 0.635. The molecule has 0 unspecified atom stereocenters. The molecule has 0 bridgehead atoms. The van der Waals surface area contributed by atoms with Crippen LogP contribution in [0.4, 0.5) is 10.1 Å². The predicted octanol–water partition coefficient (Wildman–Crippen LogP) is 2.39. The monoisotopic (exact) mass is 268 g/mol. The first kappa shape index (κ1) is 13.9. The van der Waals surface area contributed by atoms with Crippen molar-refractivity contribution in [3.8, 4) is 0 Å². The molecule has 19 heavy (non-hydrogen) atoms. The third kappa shape index (κ3) is 3.48. The molecule has 1 saturated carbocycles. The summed E-state index contributed by atoms with van der Waals surface area (Å²) in [5.74, 6) is -0.787. The van der Waals surface area contributed by atoms with E-state index in [1.54, 1.807) is 6.07 Å². The standard InChI is InChI=1S/C13H17FN2O3/c1-2-19-11-6-10(7-11)15-8-9-3-4-13(16(17)18)12(14)5-9/h3-5,10-11,15H,2,6-8H2,1H3. The molecule has 1 aliphatic carbocycles. The van der Waals surface area contributed by atoms with Gasteiger partial charge in [-0.25, -0.2) is 0 Å². The summed E-state index contributed by atoms with van der Waals surface area (Å²) in [7, 11) is 0. The molecule has 0 spiro atoms. The van der Waals surface area contributed by atoms with Gasteiger partial charge in [0.15, 0.2) is 0 Å². The van der Waals surface area contributed by atoms with E-state index in [1.165, 1.54) is 12.1 Å². The lowest BCUT2D eigenvalue weighted by molar-refractivity contribution is -0.387. The summed E-state index contributed by atoms with van der Waals surface area (Å²) in [6.45, 7) is 3.21. The number of benzene rings is 1. The fourth-order valence-corrected chi connectivity index (χ4v) is 2.17. The molecule has 0 aliphatic heterocycles. The number of nitro benzene ring substituents is 1. The second-order valence-electron chi connectivity index (χ2n) is 4.67. The SMILES string of the molecule is CCOC1CC(NCc2ccc([N+](=O)[O-])c(F)c2)C1. The zero-order valence-electron chi connectivity index (χ0n) is 10.8. The van der Waals surface area contributed by atoms with Crippen LogP contribution in [0.15, 0.2) is 18.2 Å². The first-order valence-corrected chi connectivity index (χ1v) is 6.38. The molecule has 104 valence electrons. The first-order valence-electron chi connectivity index (χ1n) is 6.38. The Bertz CT molecular complexity index is 461. The summed E-state index contributed by atoms with van der Waals surface area (Å²) in [6.07, 6.45) is 2.25. The largest absolute Gasteiger partial charge is 0.378 e. The van der Waals surface area contributed by atoms with Crippen molar-refractivity contribution < 1.29 is 14.1 Å². The Hall–Kier alpha value is -1.53. The molecular weight excluding hydrogens is 251 g/mol. The Kier molecular flexibility index (Phi) is 4.44. The van der Waals surface area contributed by atoms with E-state index in [4.69, 9.17) is 4.74 Å². The molecule has 0 heterocycles. The van der Waals surface area contributed by atoms with Crippen molar-refractivity contribution >= 4 is 5.69 Å². The molecule has 1 N–H and O–H groups in total. The van der Waals surface area contributed by atoms with Crippen molar-refractivity contribution in [2.45, 2.75) is 38.5 Å². The van der Waals surface area contributed by atoms with E-state index in [1.807, 2.05) is 6.92 Å². The van der Waals surface area contributed by atoms with Crippen LogP contribution in [0.2, 0.25) is 0 Å². The van der Waals surface area contributed by atoms with Gasteiger partial charge in [-0.15, -0.1) is 0 Å². The van der Waals surface area contributed by atoms with Crippen LogP contribution < -0.4 is 5.32 Å². The van der Waals surface area contributed by atoms with Crippen LogP contribution in [-0.2, 0) is 11.3 Å². The Morgan fingerprint density at radius 1 is 1.53 bits per heavy atom. The van der Waals surface area contributed by atoms with E-state index in [9.17, 15) is 14.5 Å². The van der Waals surface area contributed by atoms with Gasteiger partial charge >= 0.3 is 5.69 Å². The van der Waals surface area contributed by atoms with Gasteiger partial charge in [-0.3, -0.25) is 10.1 Å². The molecule has 1 fully saturated rings. The topological polar surface area (TPSA) is 64.4 Å². The van der Waals surface area contributed by atoms with Gasteiger partial charge in [0, 0.05) is 25.3 Å². The van der Waals surface area contributed by atoms with E-state index in [2.05, 4.69) is 5.32 Å². The fourth-order valence-electron chi connectivity index (χ4n) is 2.17. The average Bonchev–Trinajstić information content (AvgIpc) is 2.31. The maximum absolute atomic E-state index is 13.4. The van der Waals surface area contributed by atoms with Crippen LogP contribution in [-0.4, -0.2) is 23.7 Å². The van der Waals surface area contributed by atoms with Crippen molar-refractivity contribution in [1.82, 2.24) is 5.32 Å². The number of rotatable bonds is 6. The molecule has 1 aliphatic rings. The highest BCUT2D eigenvalue weighted by Gasteiger charge is 2.28. The maximum atomic E-state index is 13.4. The van der Waals surface area contributed by atoms with E-state index < -0.39 is 16.4 Å². The Morgan fingerprint density at radius 2 is 2.26 bits per heavy atom. The maximum Gasteiger partial charge on any atom is 0.304 e. The minimum Gasteiger partial charge on any atom is -0.378 e. The second-order valence-corrected chi connectivity index (χ2v) is 4.67. The second kappa shape index (κ2) is 6.08. The minimum atomic E-state index is -0.787. The lowest BCUT2D eigenvalue weighted by atomic mass is 9.89. The lowest BCUT2D eigenvalue weighted by Gasteiger charge is -2.35. The van der Waals surface area contributed by atoms with Crippen LogP contribution >= 0.6 is 0 Å². The fraction of sp³-hybridized carbons (Fsp3) is 0.538. The van der Waals surface area contributed by atoms with Crippen LogP contribution in [0, 0.1) is 15.9 Å². The number of hydrogen-bond donors (Lipinski definition) is 1. The highest BCUT2D eigenvalue weighted by molar-refractivity contribution is 5.34. The van der Waals surface area contributed by atoms with E-state index in [0.717, 1.165) is 19.4 Å². The summed E-state index contributed by atoms with van der Waals surface area (Å²) >= 11 is 0. The van der Waals surface area contributed by atoms with E-state index in [-0.39, 0.29) is 0 Å². The molecule has 0 radical (unpaired) electrons. The van der Waals surface area contributed by atoms with Gasteiger partial charge in [0.2, 0.25) is 5.82 Å². The lowest BCUT2D eigenvalue weighted by Crippen LogP contribution is -2.45. The normalized spacial score (nSPS) is 22.0. The molecule has 0 atom stereocenters. The van der Waals surface area contributed by atoms with Crippen LogP contribution in [0.25, 0.3) is 0 Å². The van der Waals surface area contributed by atoms with Crippen molar-refractivity contribution in [3.05, 3.63) is 39.7 Å². The summed E-state index contributed by atoms with van der Waals surface area (Å²) in [6, 6.07) is 4.38. The molecule has 0 saturated heterocycles. The molecule has 2 rings (SSSR count). The van der Waals surface area contributed by atoms with E-state index >= 15 is 0 Å². The van der Waals surface area contributed by atoms with Crippen LogP contribution in [0.1, 0.15) is 25.3 Å². The van der Waals surface area contributed by atoms with Crippen LogP contribution in [0.3, 0.4) is 0 Å². The molecule has 1 aromatic rings. The van der Waals surface area contributed by atoms with Crippen molar-refractivity contribution in [3.63, 3.8) is 0 Å². The third-order valence-corrected chi connectivity index (χ3v) is 3.30. The van der Waals surface area contributed by atoms with Crippen molar-refractivity contribution in [2.24, 2.45) is 0 Å². The summed E-state index contributed by atoms with van der Waals surface area (Å²) < 4.78 is 18.8. The average molecular weight is 268 g/mol. The van der Waals surface area contributed by atoms with Gasteiger partial charge in [-0.1, -0.05) is 6.07 Å². The summed E-state index contributed by atoms with van der Waals surface area (Å²) in [5.41, 5.74) is 0.228. The Morgan fingerprint density at radius 3 is 2.84 bits per heavy atom. The predicted molar refractivity (Wildman–Crippen MR) is 68.3 cm³/mol. The molecule has 0 aromatic heterocycles. The molecular formula is C13H17FN2O3. The number of nitrogens with one attached hydrogen (secondary N) is 1. The highest BCUT2D eigenvalue weighted by atomic mass is 19.1. The first-order chi connectivity index (χ1) is 9.10. The van der Waals surface area contributed by atoms with Crippen LogP contribution in [0.5, 0.6) is 0 Å². The number of hydrogen-bond acceptors (Lipinski definition) is 4. The number of nitro groups is 1. The minimum absolute atomic E-state index is 0.330. The summed E-state index contributed by atoms with van der Waals surface area (Å²) in [5, 5.41) is 13.8. The number of halogens is 1. The van der Waals surface area contributed by atoms with Crippen molar-refractivity contribution in [1.29, 1.82) is 0 Å². The van der Waals surface area contributed by atoms with Gasteiger partial charge in [-0.05, 0) is 31.4 Å². The zero-order valence-corrected chi connectivity index (χ0v) is 10.8. The number of ether oxygens (including phenoxy) is 1. The van der Waals surface area contributed by atoms with Gasteiger partial charge in [-0.2, -0.15) is 4.39 Å². The number of nitrogens with zero attached hydrogens (tertiary/aromatic N) is 1.